The highest BCUT2D eigenvalue weighted by molar-refractivity contribution is 7.08. The average molecular weight is 354 g/mol. The van der Waals surface area contributed by atoms with Crippen molar-refractivity contribution in [3.05, 3.63) is 22.7 Å². The van der Waals surface area contributed by atoms with Crippen LogP contribution in [0.2, 0.25) is 0 Å². The molecule has 3 heterocycles. The summed E-state index contributed by atoms with van der Waals surface area (Å²) in [6.45, 7) is 1.62. The van der Waals surface area contributed by atoms with Gasteiger partial charge in [-0.3, -0.25) is 4.79 Å². The maximum Gasteiger partial charge on any atom is 0.227 e. The van der Waals surface area contributed by atoms with E-state index in [0.717, 1.165) is 44.3 Å². The Labute approximate surface area is 144 Å². The molecule has 0 N–H and O–H groups in total. The molecule has 124 valence electrons. The number of hydrogen-bond acceptors (Lipinski definition) is 5. The highest BCUT2D eigenvalue weighted by Gasteiger charge is 2.25. The molecule has 2 aromatic heterocycles. The number of aromatic nitrogens is 2. The van der Waals surface area contributed by atoms with Crippen molar-refractivity contribution in [2.75, 3.05) is 19.0 Å². The van der Waals surface area contributed by atoms with E-state index in [4.69, 9.17) is 16.1 Å². The quantitative estimate of drug-likeness (QED) is 0.744. The van der Waals surface area contributed by atoms with Crippen LogP contribution in [0.1, 0.15) is 31.6 Å². The first-order valence-corrected chi connectivity index (χ1v) is 9.43. The van der Waals surface area contributed by atoms with E-state index < -0.39 is 0 Å². The minimum atomic E-state index is 0.208. The van der Waals surface area contributed by atoms with Crippen molar-refractivity contribution < 1.29 is 9.32 Å². The Kier molecular flexibility index (Phi) is 5.67. The van der Waals surface area contributed by atoms with Crippen molar-refractivity contribution in [3.63, 3.8) is 0 Å². The summed E-state index contributed by atoms with van der Waals surface area (Å²) in [5, 5.41) is 8.05. The van der Waals surface area contributed by atoms with E-state index in [2.05, 4.69) is 10.1 Å². The lowest BCUT2D eigenvalue weighted by Gasteiger charge is -2.32. The Morgan fingerprint density at radius 2 is 2.43 bits per heavy atom. The van der Waals surface area contributed by atoms with E-state index in [-0.39, 0.29) is 5.91 Å². The van der Waals surface area contributed by atoms with E-state index in [0.29, 0.717) is 29.9 Å². The fourth-order valence-electron chi connectivity index (χ4n) is 2.93. The number of piperidine rings is 1. The summed E-state index contributed by atoms with van der Waals surface area (Å²) in [5.41, 5.74) is 0.992. The largest absolute Gasteiger partial charge is 0.342 e. The van der Waals surface area contributed by atoms with Gasteiger partial charge in [-0.1, -0.05) is 5.16 Å². The Hall–Kier alpha value is -1.40. The van der Waals surface area contributed by atoms with Gasteiger partial charge in [0.05, 0.1) is 0 Å². The number of carbonyl (C=O) groups is 1. The van der Waals surface area contributed by atoms with Crippen molar-refractivity contribution in [3.8, 4) is 11.4 Å². The molecule has 0 bridgehead atoms. The predicted octanol–water partition coefficient (Wildman–Crippen LogP) is 3.60. The number of alkyl halides is 1. The number of rotatable bonds is 6. The van der Waals surface area contributed by atoms with Crippen LogP contribution in [-0.4, -0.2) is 39.9 Å². The third kappa shape index (κ3) is 4.32. The van der Waals surface area contributed by atoms with Gasteiger partial charge in [0.1, 0.15) is 0 Å². The minimum absolute atomic E-state index is 0.208. The van der Waals surface area contributed by atoms with Crippen LogP contribution in [0.3, 0.4) is 0 Å². The minimum Gasteiger partial charge on any atom is -0.342 e. The third-order valence-corrected chi connectivity index (χ3v) is 5.06. The number of amides is 1. The maximum absolute atomic E-state index is 12.1. The van der Waals surface area contributed by atoms with Crippen molar-refractivity contribution in [1.82, 2.24) is 15.0 Å². The second kappa shape index (κ2) is 7.93. The van der Waals surface area contributed by atoms with Crippen LogP contribution in [0.15, 0.2) is 21.3 Å². The van der Waals surface area contributed by atoms with Crippen molar-refractivity contribution in [2.24, 2.45) is 5.92 Å². The molecular formula is C16H20ClN3O2S. The summed E-state index contributed by atoms with van der Waals surface area (Å²) in [6, 6.07) is 1.98. The monoisotopic (exact) mass is 353 g/mol. The van der Waals surface area contributed by atoms with Gasteiger partial charge in [-0.15, -0.1) is 11.6 Å². The first-order valence-electron chi connectivity index (χ1n) is 7.95. The van der Waals surface area contributed by atoms with Crippen LogP contribution >= 0.6 is 22.9 Å². The van der Waals surface area contributed by atoms with Gasteiger partial charge in [0.25, 0.3) is 0 Å². The summed E-state index contributed by atoms with van der Waals surface area (Å²) in [6.07, 6.45) is 4.14. The molecule has 1 aliphatic rings. The molecule has 1 saturated heterocycles. The molecule has 0 aromatic carbocycles. The van der Waals surface area contributed by atoms with Gasteiger partial charge < -0.3 is 9.42 Å². The zero-order chi connectivity index (χ0) is 16.1. The van der Waals surface area contributed by atoms with Crippen LogP contribution in [0.5, 0.6) is 0 Å². The summed E-state index contributed by atoms with van der Waals surface area (Å²) in [7, 11) is 0. The zero-order valence-electron chi connectivity index (χ0n) is 12.9. The molecule has 1 unspecified atom stereocenters. The molecular weight excluding hydrogens is 334 g/mol. The summed E-state index contributed by atoms with van der Waals surface area (Å²) >= 11 is 7.28. The second-order valence-electron chi connectivity index (χ2n) is 5.87. The van der Waals surface area contributed by atoms with Crippen LogP contribution in [0, 0.1) is 5.92 Å². The van der Waals surface area contributed by atoms with Gasteiger partial charge in [0.15, 0.2) is 0 Å². The van der Waals surface area contributed by atoms with E-state index in [1.54, 1.807) is 11.3 Å². The highest BCUT2D eigenvalue weighted by Crippen LogP contribution is 2.23. The predicted molar refractivity (Wildman–Crippen MR) is 90.6 cm³/mol. The molecule has 0 spiro atoms. The molecule has 1 amide bonds. The van der Waals surface area contributed by atoms with E-state index in [9.17, 15) is 4.79 Å². The number of hydrogen-bond donors (Lipinski definition) is 0. The zero-order valence-corrected chi connectivity index (χ0v) is 14.5. The first-order chi connectivity index (χ1) is 11.3. The fourth-order valence-corrected chi connectivity index (χ4v) is 3.70. The highest BCUT2D eigenvalue weighted by atomic mass is 35.5. The van der Waals surface area contributed by atoms with Crippen molar-refractivity contribution >= 4 is 28.8 Å². The van der Waals surface area contributed by atoms with Crippen LogP contribution in [0.4, 0.5) is 0 Å². The normalized spacial score (nSPS) is 18.3. The molecule has 0 aliphatic carbocycles. The Morgan fingerprint density at radius 3 is 3.22 bits per heavy atom. The SMILES string of the molecule is O=C(CCCCl)N1CCCC(Cc2nc(-c3ccsc3)no2)C1. The molecule has 1 fully saturated rings. The van der Waals surface area contributed by atoms with Gasteiger partial charge in [0, 0.05) is 42.8 Å². The maximum atomic E-state index is 12.1. The standard InChI is InChI=1S/C16H20ClN3O2S/c17-6-1-4-15(21)20-7-2-3-12(10-20)9-14-18-16(19-22-14)13-5-8-23-11-13/h5,8,11-12H,1-4,6-7,9-10H2. The number of halogens is 1. The number of nitrogens with zero attached hydrogens (tertiary/aromatic N) is 3. The lowest BCUT2D eigenvalue weighted by molar-refractivity contribution is -0.133. The number of likely N-dealkylation sites (tertiary alicyclic amines) is 1. The third-order valence-electron chi connectivity index (χ3n) is 4.11. The summed E-state index contributed by atoms with van der Waals surface area (Å²) < 4.78 is 5.37. The van der Waals surface area contributed by atoms with E-state index in [1.165, 1.54) is 0 Å². The lowest BCUT2D eigenvalue weighted by Crippen LogP contribution is -2.40. The lowest BCUT2D eigenvalue weighted by atomic mass is 9.94. The van der Waals surface area contributed by atoms with Crippen LogP contribution in [-0.2, 0) is 11.2 Å². The molecule has 0 radical (unpaired) electrons. The Bertz CT molecular complexity index is 629. The van der Waals surface area contributed by atoms with Gasteiger partial charge in [-0.2, -0.15) is 16.3 Å². The van der Waals surface area contributed by atoms with Gasteiger partial charge in [-0.25, -0.2) is 0 Å². The van der Waals surface area contributed by atoms with Crippen LogP contribution in [0.25, 0.3) is 11.4 Å². The molecule has 1 atom stereocenters. The number of carbonyl (C=O) groups excluding carboxylic acids is 1. The van der Waals surface area contributed by atoms with Crippen molar-refractivity contribution in [1.29, 1.82) is 0 Å². The van der Waals surface area contributed by atoms with Crippen LogP contribution < -0.4 is 0 Å². The molecule has 7 heteroatoms. The molecule has 1 aliphatic heterocycles. The topological polar surface area (TPSA) is 59.2 Å². The summed E-state index contributed by atoms with van der Waals surface area (Å²) in [5.74, 6) is 2.44. The fraction of sp³-hybridized carbons (Fsp3) is 0.562. The first kappa shape index (κ1) is 16.5. The summed E-state index contributed by atoms with van der Waals surface area (Å²) in [4.78, 5) is 18.6. The van der Waals surface area contributed by atoms with Crippen molar-refractivity contribution in [2.45, 2.75) is 32.1 Å². The molecule has 2 aromatic rings. The average Bonchev–Trinajstić information content (AvgIpc) is 3.24. The molecule has 23 heavy (non-hydrogen) atoms. The number of thiophene rings is 1. The van der Waals surface area contributed by atoms with Gasteiger partial charge in [-0.05, 0) is 36.6 Å². The molecule has 5 nitrogen and oxygen atoms in total. The van der Waals surface area contributed by atoms with Gasteiger partial charge >= 0.3 is 0 Å². The second-order valence-corrected chi connectivity index (χ2v) is 7.03. The molecule has 3 rings (SSSR count). The smallest absolute Gasteiger partial charge is 0.227 e. The van der Waals surface area contributed by atoms with Gasteiger partial charge in [0.2, 0.25) is 17.6 Å². The Morgan fingerprint density at radius 1 is 1.52 bits per heavy atom. The van der Waals surface area contributed by atoms with E-state index >= 15 is 0 Å². The Balaban J connectivity index is 1.56. The molecule has 0 saturated carbocycles. The van der Waals surface area contributed by atoms with E-state index in [1.807, 2.05) is 21.7 Å².